The molecule has 0 spiro atoms. The molecule has 0 unspecified atom stereocenters. The second kappa shape index (κ2) is 5.12. The fourth-order valence-electron chi connectivity index (χ4n) is 1.96. The first kappa shape index (κ1) is 12.5. The first-order valence-electron chi connectivity index (χ1n) is 5.93. The molecule has 0 amide bonds. The van der Waals surface area contributed by atoms with Crippen LogP contribution in [0, 0.1) is 12.7 Å². The second-order valence-electron chi connectivity index (χ2n) is 4.17. The lowest BCUT2D eigenvalue weighted by Gasteiger charge is -2.04. The molecule has 18 heavy (non-hydrogen) atoms. The van der Waals surface area contributed by atoms with Crippen LogP contribution in [-0.4, -0.2) is 15.6 Å². The third kappa shape index (κ3) is 2.47. The van der Waals surface area contributed by atoms with Gasteiger partial charge in [0.25, 0.3) is 0 Å². The number of aryl methyl sites for hydroxylation is 2. The lowest BCUT2D eigenvalue weighted by atomic mass is 10.1. The molecule has 2 aromatic rings. The summed E-state index contributed by atoms with van der Waals surface area (Å²) in [5.74, 6) is -0.690. The molecule has 1 aromatic carbocycles. The van der Waals surface area contributed by atoms with Gasteiger partial charge >= 0.3 is 0 Å². The predicted molar refractivity (Wildman–Crippen MR) is 67.1 cm³/mol. The van der Waals surface area contributed by atoms with E-state index in [1.165, 1.54) is 12.1 Å². The summed E-state index contributed by atoms with van der Waals surface area (Å²) in [6.45, 7) is 4.54. The van der Waals surface area contributed by atoms with E-state index in [0.29, 0.717) is 6.54 Å². The van der Waals surface area contributed by atoms with Crippen molar-refractivity contribution in [1.29, 1.82) is 0 Å². The summed E-state index contributed by atoms with van der Waals surface area (Å²) >= 11 is 0. The zero-order valence-electron chi connectivity index (χ0n) is 10.5. The summed E-state index contributed by atoms with van der Waals surface area (Å²) in [6.07, 6.45) is 0.176. The Morgan fingerprint density at radius 3 is 2.78 bits per heavy atom. The summed E-state index contributed by atoms with van der Waals surface area (Å²) in [6, 6.07) is 7.92. The number of ketones is 1. The van der Waals surface area contributed by atoms with Crippen molar-refractivity contribution in [3.8, 4) is 0 Å². The average molecular weight is 246 g/mol. The van der Waals surface area contributed by atoms with Gasteiger partial charge in [0, 0.05) is 12.2 Å². The van der Waals surface area contributed by atoms with Gasteiger partial charge in [-0.05, 0) is 32.0 Å². The van der Waals surface area contributed by atoms with Crippen LogP contribution in [0.3, 0.4) is 0 Å². The van der Waals surface area contributed by atoms with E-state index in [-0.39, 0.29) is 17.8 Å². The first-order valence-corrected chi connectivity index (χ1v) is 5.93. The van der Waals surface area contributed by atoms with Gasteiger partial charge in [0.05, 0.1) is 17.7 Å². The van der Waals surface area contributed by atoms with E-state index >= 15 is 0 Å². The van der Waals surface area contributed by atoms with Gasteiger partial charge in [0.2, 0.25) is 0 Å². The first-order chi connectivity index (χ1) is 8.61. The van der Waals surface area contributed by atoms with E-state index in [4.69, 9.17) is 0 Å². The number of carbonyl (C=O) groups excluding carboxylic acids is 1. The zero-order valence-corrected chi connectivity index (χ0v) is 10.5. The molecule has 0 radical (unpaired) electrons. The molecule has 3 nitrogen and oxygen atoms in total. The number of Topliss-reactive ketones (excluding diaryl/α,β-unsaturated/α-hetero) is 1. The van der Waals surface area contributed by atoms with Gasteiger partial charge in [0.1, 0.15) is 5.82 Å². The Hall–Kier alpha value is -1.97. The minimum Gasteiger partial charge on any atom is -0.294 e. The molecular weight excluding hydrogens is 231 g/mol. The highest BCUT2D eigenvalue weighted by molar-refractivity contribution is 5.97. The Bertz CT molecular complexity index is 575. The maximum atomic E-state index is 13.5. The fraction of sp³-hybridized carbons (Fsp3) is 0.286. The molecule has 1 aromatic heterocycles. The van der Waals surface area contributed by atoms with Crippen molar-refractivity contribution in [1.82, 2.24) is 9.78 Å². The van der Waals surface area contributed by atoms with Crippen molar-refractivity contribution in [3.05, 3.63) is 53.1 Å². The van der Waals surface area contributed by atoms with Crippen LogP contribution < -0.4 is 0 Å². The van der Waals surface area contributed by atoms with Gasteiger partial charge in [-0.15, -0.1) is 0 Å². The largest absolute Gasteiger partial charge is 0.294 e. The average Bonchev–Trinajstić information content (AvgIpc) is 2.70. The third-order valence-electron chi connectivity index (χ3n) is 2.80. The Morgan fingerprint density at radius 1 is 1.39 bits per heavy atom. The van der Waals surface area contributed by atoms with Crippen molar-refractivity contribution in [2.75, 3.05) is 0 Å². The molecule has 0 saturated heterocycles. The Balaban J connectivity index is 2.24. The van der Waals surface area contributed by atoms with E-state index in [2.05, 4.69) is 5.10 Å². The number of nitrogens with zero attached hydrogens (tertiary/aromatic N) is 2. The van der Waals surface area contributed by atoms with Gasteiger partial charge in [0.15, 0.2) is 5.78 Å². The smallest absolute Gasteiger partial charge is 0.171 e. The van der Waals surface area contributed by atoms with Crippen LogP contribution in [0.5, 0.6) is 0 Å². The summed E-state index contributed by atoms with van der Waals surface area (Å²) in [7, 11) is 0. The molecule has 0 aliphatic carbocycles. The summed E-state index contributed by atoms with van der Waals surface area (Å²) in [5.41, 5.74) is 1.83. The molecule has 4 heteroatoms. The van der Waals surface area contributed by atoms with Crippen LogP contribution in [0.1, 0.15) is 28.7 Å². The number of hydrogen-bond donors (Lipinski definition) is 0. The molecule has 2 rings (SSSR count). The van der Waals surface area contributed by atoms with E-state index < -0.39 is 5.82 Å². The molecule has 0 atom stereocenters. The van der Waals surface area contributed by atoms with Crippen molar-refractivity contribution in [2.24, 2.45) is 0 Å². The van der Waals surface area contributed by atoms with Crippen LogP contribution in [0.15, 0.2) is 30.3 Å². The van der Waals surface area contributed by atoms with Crippen molar-refractivity contribution in [2.45, 2.75) is 26.8 Å². The van der Waals surface area contributed by atoms with Crippen LogP contribution in [0.25, 0.3) is 0 Å². The van der Waals surface area contributed by atoms with E-state index in [1.807, 2.05) is 19.9 Å². The molecule has 0 fully saturated rings. The van der Waals surface area contributed by atoms with Gasteiger partial charge in [-0.2, -0.15) is 5.10 Å². The highest BCUT2D eigenvalue weighted by Crippen LogP contribution is 2.12. The molecule has 0 N–H and O–H groups in total. The van der Waals surface area contributed by atoms with Crippen molar-refractivity contribution < 1.29 is 9.18 Å². The highest BCUT2D eigenvalue weighted by Gasteiger charge is 2.14. The topological polar surface area (TPSA) is 34.9 Å². The van der Waals surface area contributed by atoms with Gasteiger partial charge in [-0.1, -0.05) is 12.1 Å². The highest BCUT2D eigenvalue weighted by atomic mass is 19.1. The number of benzene rings is 1. The zero-order chi connectivity index (χ0) is 13.1. The quantitative estimate of drug-likeness (QED) is 0.777. The standard InChI is InChI=1S/C14H15FN2O/c1-3-17-11(8-10(2)16-17)9-14(18)12-6-4-5-7-13(12)15/h4-8H,3,9H2,1-2H3. The summed E-state index contributed by atoms with van der Waals surface area (Å²) in [4.78, 5) is 12.0. The van der Waals surface area contributed by atoms with E-state index in [9.17, 15) is 9.18 Å². The molecular formula is C14H15FN2O. The lowest BCUT2D eigenvalue weighted by Crippen LogP contribution is -2.11. The van der Waals surface area contributed by atoms with Gasteiger partial charge in [-0.25, -0.2) is 4.39 Å². The molecule has 0 saturated carbocycles. The molecule has 94 valence electrons. The van der Waals surface area contributed by atoms with Crippen molar-refractivity contribution >= 4 is 5.78 Å². The monoisotopic (exact) mass is 246 g/mol. The van der Waals surface area contributed by atoms with Crippen LogP contribution in [0.2, 0.25) is 0 Å². The van der Waals surface area contributed by atoms with E-state index in [0.717, 1.165) is 11.4 Å². The number of rotatable bonds is 4. The molecule has 0 bridgehead atoms. The Labute approximate surface area is 105 Å². The minimum absolute atomic E-state index is 0.138. The molecule has 0 aliphatic heterocycles. The van der Waals surface area contributed by atoms with E-state index in [1.54, 1.807) is 16.8 Å². The van der Waals surface area contributed by atoms with Crippen LogP contribution in [0.4, 0.5) is 4.39 Å². The Kier molecular flexibility index (Phi) is 3.55. The van der Waals surface area contributed by atoms with Gasteiger partial charge in [-0.3, -0.25) is 9.48 Å². The number of halogens is 1. The summed E-state index contributed by atoms with van der Waals surface area (Å²) in [5, 5.41) is 4.27. The predicted octanol–water partition coefficient (Wildman–Crippen LogP) is 2.78. The normalized spacial score (nSPS) is 10.6. The van der Waals surface area contributed by atoms with Crippen LogP contribution >= 0.6 is 0 Å². The van der Waals surface area contributed by atoms with Gasteiger partial charge < -0.3 is 0 Å². The minimum atomic E-state index is -0.471. The maximum Gasteiger partial charge on any atom is 0.171 e. The maximum absolute atomic E-state index is 13.5. The second-order valence-corrected chi connectivity index (χ2v) is 4.17. The van der Waals surface area contributed by atoms with Crippen LogP contribution in [-0.2, 0) is 13.0 Å². The number of carbonyl (C=O) groups is 1. The number of aromatic nitrogens is 2. The summed E-state index contributed by atoms with van der Waals surface area (Å²) < 4.78 is 15.3. The Morgan fingerprint density at radius 2 is 2.11 bits per heavy atom. The SMILES string of the molecule is CCn1nc(C)cc1CC(=O)c1ccccc1F. The fourth-order valence-corrected chi connectivity index (χ4v) is 1.96. The molecule has 1 heterocycles. The third-order valence-corrected chi connectivity index (χ3v) is 2.80. The molecule has 0 aliphatic rings. The van der Waals surface area contributed by atoms with Crippen molar-refractivity contribution in [3.63, 3.8) is 0 Å². The lowest BCUT2D eigenvalue weighted by molar-refractivity contribution is 0.0986. The number of hydrogen-bond acceptors (Lipinski definition) is 2.